The van der Waals surface area contributed by atoms with Crippen LogP contribution >= 0.6 is 12.0 Å². The van der Waals surface area contributed by atoms with Gasteiger partial charge in [-0.05, 0) is 41.4 Å². The van der Waals surface area contributed by atoms with Crippen molar-refractivity contribution in [1.29, 1.82) is 0 Å². The van der Waals surface area contributed by atoms with E-state index in [9.17, 15) is 0 Å². The second-order valence-electron chi connectivity index (χ2n) is 3.47. The summed E-state index contributed by atoms with van der Waals surface area (Å²) in [6.45, 7) is 0.677. The summed E-state index contributed by atoms with van der Waals surface area (Å²) in [5, 5.41) is 2.34. The molecule has 2 nitrogen and oxygen atoms in total. The molecule has 0 aliphatic rings. The maximum Gasteiger partial charge on any atom is 0.0357 e. The van der Waals surface area contributed by atoms with E-state index >= 15 is 0 Å². The predicted octanol–water partition coefficient (Wildman–Crippen LogP) is 2.91. The zero-order valence-corrected chi connectivity index (χ0v) is 9.13. The van der Waals surface area contributed by atoms with E-state index in [4.69, 9.17) is 10.3 Å². The van der Waals surface area contributed by atoms with Crippen molar-refractivity contribution in [2.24, 2.45) is 5.73 Å². The molecule has 0 radical (unpaired) electrons. The standard InChI is InChI=1S/C12H13NOS/c13-6-5-9-1-2-11-8-12(15-14)4-3-10(11)7-9/h1-4,7-8,14H,5-6,13H2. The van der Waals surface area contributed by atoms with E-state index in [0.29, 0.717) is 6.54 Å². The van der Waals surface area contributed by atoms with Crippen LogP contribution in [-0.4, -0.2) is 11.1 Å². The Morgan fingerprint density at radius 2 is 1.80 bits per heavy atom. The molecule has 2 rings (SSSR count). The molecule has 0 aromatic heterocycles. The fourth-order valence-electron chi connectivity index (χ4n) is 1.65. The zero-order valence-electron chi connectivity index (χ0n) is 8.31. The molecule has 3 heteroatoms. The number of benzene rings is 2. The van der Waals surface area contributed by atoms with E-state index in [0.717, 1.165) is 28.7 Å². The molecule has 0 atom stereocenters. The van der Waals surface area contributed by atoms with Crippen molar-refractivity contribution < 1.29 is 4.55 Å². The molecule has 0 aliphatic heterocycles. The molecule has 15 heavy (non-hydrogen) atoms. The second-order valence-corrected chi connectivity index (χ2v) is 4.13. The Balaban J connectivity index is 2.45. The topological polar surface area (TPSA) is 46.2 Å². The first-order chi connectivity index (χ1) is 7.33. The average Bonchev–Trinajstić information content (AvgIpc) is 2.29. The molecule has 0 unspecified atom stereocenters. The SMILES string of the molecule is NCCc1ccc2cc(SO)ccc2c1. The summed E-state index contributed by atoms with van der Waals surface area (Å²) in [5.41, 5.74) is 6.77. The van der Waals surface area contributed by atoms with Gasteiger partial charge in [0.2, 0.25) is 0 Å². The molecule has 2 aromatic carbocycles. The molecule has 0 amide bonds. The van der Waals surface area contributed by atoms with Crippen LogP contribution in [0.2, 0.25) is 0 Å². The van der Waals surface area contributed by atoms with Crippen LogP contribution in [0.4, 0.5) is 0 Å². The monoisotopic (exact) mass is 219 g/mol. The molecule has 0 fully saturated rings. The van der Waals surface area contributed by atoms with Gasteiger partial charge in [-0.25, -0.2) is 0 Å². The van der Waals surface area contributed by atoms with E-state index in [1.54, 1.807) is 0 Å². The summed E-state index contributed by atoms with van der Waals surface area (Å²) in [4.78, 5) is 0.870. The van der Waals surface area contributed by atoms with E-state index in [1.807, 2.05) is 18.2 Å². The minimum absolute atomic E-state index is 0.677. The fourth-order valence-corrected chi connectivity index (χ4v) is 1.96. The van der Waals surface area contributed by atoms with Gasteiger partial charge in [-0.3, -0.25) is 0 Å². The zero-order chi connectivity index (χ0) is 10.7. The van der Waals surface area contributed by atoms with Crippen molar-refractivity contribution in [3.8, 4) is 0 Å². The molecule has 2 aromatic rings. The normalized spacial score (nSPS) is 10.8. The summed E-state index contributed by atoms with van der Waals surface area (Å²) in [5.74, 6) is 0. The van der Waals surface area contributed by atoms with Crippen LogP contribution in [0.1, 0.15) is 5.56 Å². The van der Waals surface area contributed by atoms with Gasteiger partial charge in [0, 0.05) is 16.9 Å². The summed E-state index contributed by atoms with van der Waals surface area (Å²) >= 11 is 0.778. The molecular weight excluding hydrogens is 206 g/mol. The third-order valence-corrected chi connectivity index (χ3v) is 2.88. The van der Waals surface area contributed by atoms with Gasteiger partial charge in [0.1, 0.15) is 0 Å². The third-order valence-electron chi connectivity index (χ3n) is 2.41. The number of rotatable bonds is 3. The lowest BCUT2D eigenvalue weighted by Crippen LogP contribution is -2.02. The van der Waals surface area contributed by atoms with Gasteiger partial charge in [-0.15, -0.1) is 0 Å². The van der Waals surface area contributed by atoms with Crippen LogP contribution in [0, 0.1) is 0 Å². The third kappa shape index (κ3) is 2.31. The second kappa shape index (κ2) is 4.66. The van der Waals surface area contributed by atoms with Gasteiger partial charge >= 0.3 is 0 Å². The Kier molecular flexibility index (Phi) is 3.26. The van der Waals surface area contributed by atoms with Crippen LogP contribution in [0.15, 0.2) is 41.3 Å². The van der Waals surface area contributed by atoms with Gasteiger partial charge in [0.15, 0.2) is 0 Å². The highest BCUT2D eigenvalue weighted by molar-refractivity contribution is 7.93. The van der Waals surface area contributed by atoms with Crippen LogP contribution in [-0.2, 0) is 6.42 Å². The number of hydrogen-bond acceptors (Lipinski definition) is 3. The van der Waals surface area contributed by atoms with Gasteiger partial charge in [0.05, 0.1) is 0 Å². The summed E-state index contributed by atoms with van der Waals surface area (Å²) < 4.78 is 8.94. The van der Waals surface area contributed by atoms with E-state index in [1.165, 1.54) is 10.9 Å². The van der Waals surface area contributed by atoms with E-state index in [-0.39, 0.29) is 0 Å². The van der Waals surface area contributed by atoms with Crippen LogP contribution in [0.25, 0.3) is 10.8 Å². The number of nitrogens with two attached hydrogens (primary N) is 1. The van der Waals surface area contributed by atoms with Gasteiger partial charge in [-0.2, -0.15) is 0 Å². The van der Waals surface area contributed by atoms with Gasteiger partial charge < -0.3 is 10.3 Å². The Labute approximate surface area is 93.3 Å². The minimum Gasteiger partial charge on any atom is -0.330 e. The lowest BCUT2D eigenvalue weighted by molar-refractivity contribution is 0.664. The first kappa shape index (κ1) is 10.5. The summed E-state index contributed by atoms with van der Waals surface area (Å²) in [7, 11) is 0. The molecule has 0 heterocycles. The van der Waals surface area contributed by atoms with Crippen molar-refractivity contribution >= 4 is 22.8 Å². The average molecular weight is 219 g/mol. The maximum absolute atomic E-state index is 8.94. The van der Waals surface area contributed by atoms with Crippen molar-refractivity contribution in [3.63, 3.8) is 0 Å². The fraction of sp³-hybridized carbons (Fsp3) is 0.167. The Morgan fingerprint density at radius 3 is 2.53 bits per heavy atom. The Morgan fingerprint density at radius 1 is 1.07 bits per heavy atom. The summed E-state index contributed by atoms with van der Waals surface area (Å²) in [6.07, 6.45) is 0.909. The van der Waals surface area contributed by atoms with Crippen LogP contribution < -0.4 is 5.73 Å². The molecule has 3 N–H and O–H groups in total. The van der Waals surface area contributed by atoms with Crippen LogP contribution in [0.3, 0.4) is 0 Å². The minimum atomic E-state index is 0.677. The smallest absolute Gasteiger partial charge is 0.0357 e. The highest BCUT2D eigenvalue weighted by atomic mass is 32.2. The maximum atomic E-state index is 8.94. The highest BCUT2D eigenvalue weighted by Crippen LogP contribution is 2.22. The van der Waals surface area contributed by atoms with Crippen molar-refractivity contribution in [3.05, 3.63) is 42.0 Å². The van der Waals surface area contributed by atoms with Crippen molar-refractivity contribution in [1.82, 2.24) is 0 Å². The highest BCUT2D eigenvalue weighted by Gasteiger charge is 1.98. The Hall–Kier alpha value is -1.03. The Bertz CT molecular complexity index is 470. The van der Waals surface area contributed by atoms with E-state index in [2.05, 4.69) is 18.2 Å². The van der Waals surface area contributed by atoms with Gasteiger partial charge in [-0.1, -0.05) is 24.3 Å². The summed E-state index contributed by atoms with van der Waals surface area (Å²) in [6, 6.07) is 12.2. The lowest BCUT2D eigenvalue weighted by Gasteiger charge is -2.03. The first-order valence-corrected chi connectivity index (χ1v) is 5.65. The molecule has 0 bridgehead atoms. The number of fused-ring (bicyclic) bond motifs is 1. The predicted molar refractivity (Wildman–Crippen MR) is 65.2 cm³/mol. The quantitative estimate of drug-likeness (QED) is 0.780. The molecular formula is C12H13NOS. The van der Waals surface area contributed by atoms with Crippen molar-refractivity contribution in [2.45, 2.75) is 11.3 Å². The molecule has 0 aliphatic carbocycles. The number of hydrogen-bond donors (Lipinski definition) is 2. The molecule has 0 spiro atoms. The van der Waals surface area contributed by atoms with Crippen molar-refractivity contribution in [2.75, 3.05) is 6.54 Å². The molecule has 0 saturated carbocycles. The van der Waals surface area contributed by atoms with Crippen LogP contribution in [0.5, 0.6) is 0 Å². The largest absolute Gasteiger partial charge is 0.330 e. The molecule has 78 valence electrons. The lowest BCUT2D eigenvalue weighted by atomic mass is 10.1. The molecule has 0 saturated heterocycles. The van der Waals surface area contributed by atoms with E-state index < -0.39 is 0 Å². The van der Waals surface area contributed by atoms with Gasteiger partial charge in [0.25, 0.3) is 0 Å². The first-order valence-electron chi connectivity index (χ1n) is 4.87.